The number of hydrogen-bond acceptors (Lipinski definition) is 4. The number of fused-ring (bicyclic) bond motifs is 1. The zero-order valence-electron chi connectivity index (χ0n) is 14.9. The van der Waals surface area contributed by atoms with Crippen molar-refractivity contribution in [3.05, 3.63) is 24.3 Å². The molecule has 1 aliphatic heterocycles. The molecule has 0 N–H and O–H groups in total. The molecular weight excluding hydrogens is 309 g/mol. The highest BCUT2D eigenvalue weighted by atomic mass is 16.5. The van der Waals surface area contributed by atoms with E-state index in [9.17, 15) is 4.79 Å². The number of nitrogens with zero attached hydrogens (tertiary/aromatic N) is 1. The van der Waals surface area contributed by atoms with Gasteiger partial charge in [0, 0.05) is 12.5 Å². The zero-order valence-corrected chi connectivity index (χ0v) is 14.9. The SMILES string of the molecule is COc1ccccc1OC.[B]C1C(=O)CCC2CCN(C([B])([B])[B])C21. The first-order valence-corrected chi connectivity index (χ1v) is 8.38. The van der Waals surface area contributed by atoms with Crippen molar-refractivity contribution >= 4 is 37.2 Å². The van der Waals surface area contributed by atoms with Crippen LogP contribution in [0.4, 0.5) is 0 Å². The van der Waals surface area contributed by atoms with Crippen LogP contribution in [0.25, 0.3) is 0 Å². The molecular formula is C17H21B4NO3. The molecule has 3 unspecified atom stereocenters. The molecule has 2 fully saturated rings. The van der Waals surface area contributed by atoms with Crippen LogP contribution in [0.15, 0.2) is 24.3 Å². The number of likely N-dealkylation sites (tertiary alicyclic amines) is 1. The standard InChI is InChI=1S/C9H11B4NO.C8H10O2/c10-7-6(15)2-1-5-3-4-14(8(5)7)9(11,12)13;1-9-7-5-3-4-6-8(7)10-2/h5,7-8H,1-4H2;3-6H,1-2H3. The van der Waals surface area contributed by atoms with E-state index in [-0.39, 0.29) is 11.8 Å². The Morgan fingerprint density at radius 2 is 1.64 bits per heavy atom. The fourth-order valence-electron chi connectivity index (χ4n) is 3.61. The van der Waals surface area contributed by atoms with Crippen molar-refractivity contribution in [2.45, 2.75) is 36.4 Å². The van der Waals surface area contributed by atoms with Crippen LogP contribution < -0.4 is 9.47 Å². The molecule has 1 heterocycles. The monoisotopic (exact) mass is 331 g/mol. The number of para-hydroxylation sites is 2. The second kappa shape index (κ2) is 8.39. The van der Waals surface area contributed by atoms with Crippen molar-refractivity contribution in [1.29, 1.82) is 0 Å². The Morgan fingerprint density at radius 1 is 1.08 bits per heavy atom. The molecule has 2 aliphatic rings. The maximum Gasteiger partial charge on any atom is 0.160 e. The van der Waals surface area contributed by atoms with Gasteiger partial charge < -0.3 is 19.2 Å². The van der Waals surface area contributed by atoms with Gasteiger partial charge in [0.25, 0.3) is 0 Å². The molecule has 4 nitrogen and oxygen atoms in total. The number of hydrogen-bond donors (Lipinski definition) is 0. The summed E-state index contributed by atoms with van der Waals surface area (Å²) in [7, 11) is 26.1. The van der Waals surface area contributed by atoms with Crippen LogP contribution in [0.3, 0.4) is 0 Å². The lowest BCUT2D eigenvalue weighted by molar-refractivity contribution is -0.122. The fourth-order valence-corrected chi connectivity index (χ4v) is 3.61. The Kier molecular flexibility index (Phi) is 6.72. The number of rotatable bonds is 3. The maximum absolute atomic E-state index is 11.5. The molecule has 8 heteroatoms. The quantitative estimate of drug-likeness (QED) is 0.769. The predicted molar refractivity (Wildman–Crippen MR) is 102 cm³/mol. The second-order valence-corrected chi connectivity index (χ2v) is 6.51. The average molecular weight is 331 g/mol. The van der Waals surface area contributed by atoms with E-state index < -0.39 is 11.1 Å². The summed E-state index contributed by atoms with van der Waals surface area (Å²) in [6, 6.07) is 7.45. The number of carbonyl (C=O) groups is 1. The average Bonchev–Trinajstić information content (AvgIpc) is 3.04. The summed E-state index contributed by atoms with van der Waals surface area (Å²) in [5.41, 5.74) is 0. The molecule has 3 rings (SSSR count). The first-order chi connectivity index (χ1) is 11.8. The summed E-state index contributed by atoms with van der Waals surface area (Å²) in [5.74, 6) is 1.55. The zero-order chi connectivity index (χ0) is 18.6. The van der Waals surface area contributed by atoms with Crippen molar-refractivity contribution in [3.63, 3.8) is 0 Å². The van der Waals surface area contributed by atoms with E-state index in [1.54, 1.807) is 19.1 Å². The summed E-state index contributed by atoms with van der Waals surface area (Å²) in [4.78, 5) is 13.3. The van der Waals surface area contributed by atoms with Crippen LogP contribution in [0.5, 0.6) is 11.5 Å². The molecule has 0 aromatic heterocycles. The number of methoxy groups -OCH3 is 2. The molecule has 8 radical (unpaired) electrons. The summed E-state index contributed by atoms with van der Waals surface area (Å²) in [6.45, 7) is 0.722. The van der Waals surface area contributed by atoms with E-state index in [0.29, 0.717) is 12.3 Å². The summed E-state index contributed by atoms with van der Waals surface area (Å²) in [5, 5.41) is -1.37. The van der Waals surface area contributed by atoms with Crippen molar-refractivity contribution in [1.82, 2.24) is 4.90 Å². The number of benzene rings is 1. The van der Waals surface area contributed by atoms with E-state index in [1.807, 2.05) is 24.3 Å². The van der Waals surface area contributed by atoms with Crippen molar-refractivity contribution in [3.8, 4) is 11.5 Å². The summed E-state index contributed by atoms with van der Waals surface area (Å²) >= 11 is 0. The third-order valence-corrected chi connectivity index (χ3v) is 4.87. The largest absolute Gasteiger partial charge is 0.493 e. The molecule has 0 spiro atoms. The Labute approximate surface area is 155 Å². The smallest absolute Gasteiger partial charge is 0.160 e. The van der Waals surface area contributed by atoms with Gasteiger partial charge in [-0.2, -0.15) is 0 Å². The first kappa shape index (κ1) is 20.0. The van der Waals surface area contributed by atoms with Gasteiger partial charge in [-0.05, 0) is 43.3 Å². The fraction of sp³-hybridized carbons (Fsp3) is 0.588. The third-order valence-electron chi connectivity index (χ3n) is 4.87. The number of ketones is 1. The second-order valence-electron chi connectivity index (χ2n) is 6.51. The van der Waals surface area contributed by atoms with E-state index >= 15 is 0 Å². The molecule has 124 valence electrons. The molecule has 1 aromatic rings. The van der Waals surface area contributed by atoms with Crippen molar-refractivity contribution in [2.75, 3.05) is 20.8 Å². The predicted octanol–water partition coefficient (Wildman–Crippen LogP) is 0.817. The minimum Gasteiger partial charge on any atom is -0.493 e. The van der Waals surface area contributed by atoms with Gasteiger partial charge in [-0.1, -0.05) is 17.4 Å². The van der Waals surface area contributed by atoms with E-state index in [4.69, 9.17) is 40.9 Å². The van der Waals surface area contributed by atoms with Gasteiger partial charge in [0.15, 0.2) is 11.5 Å². The van der Waals surface area contributed by atoms with Gasteiger partial charge in [0.1, 0.15) is 5.78 Å². The van der Waals surface area contributed by atoms with Gasteiger partial charge in [-0.3, -0.25) is 0 Å². The minimum atomic E-state index is -1.37. The highest BCUT2D eigenvalue weighted by molar-refractivity contribution is 6.59. The highest BCUT2D eigenvalue weighted by Gasteiger charge is 2.45. The number of Topliss-reactive ketones (excluding diaryl/α,β-unsaturated/α-hetero) is 1. The number of carbonyl (C=O) groups excluding carboxylic acids is 1. The molecule has 1 aliphatic carbocycles. The van der Waals surface area contributed by atoms with Gasteiger partial charge in [0.2, 0.25) is 0 Å². The van der Waals surface area contributed by atoms with Crippen LogP contribution >= 0.6 is 0 Å². The van der Waals surface area contributed by atoms with E-state index in [0.717, 1.165) is 30.9 Å². The molecule has 25 heavy (non-hydrogen) atoms. The van der Waals surface area contributed by atoms with Crippen LogP contribution in [0.1, 0.15) is 19.3 Å². The maximum atomic E-state index is 11.5. The lowest BCUT2D eigenvalue weighted by atomic mass is 9.47. The number of ether oxygens (including phenoxy) is 2. The third kappa shape index (κ3) is 4.66. The van der Waals surface area contributed by atoms with Gasteiger partial charge >= 0.3 is 0 Å². The Morgan fingerprint density at radius 3 is 2.12 bits per heavy atom. The lowest BCUT2D eigenvalue weighted by Crippen LogP contribution is -2.56. The molecule has 1 saturated carbocycles. The van der Waals surface area contributed by atoms with Crippen LogP contribution in [-0.4, -0.2) is 74.1 Å². The highest BCUT2D eigenvalue weighted by Crippen LogP contribution is 2.41. The first-order valence-electron chi connectivity index (χ1n) is 8.38. The van der Waals surface area contributed by atoms with E-state index in [2.05, 4.69) is 0 Å². The van der Waals surface area contributed by atoms with Crippen LogP contribution in [0, 0.1) is 5.92 Å². The normalized spacial score (nSPS) is 26.3. The summed E-state index contributed by atoms with van der Waals surface area (Å²) in [6.07, 6.45) is 2.42. The van der Waals surface area contributed by atoms with Crippen molar-refractivity contribution < 1.29 is 14.3 Å². The molecule has 1 saturated heterocycles. The molecule has 3 atom stereocenters. The minimum absolute atomic E-state index is 0.0775. The Balaban J connectivity index is 0.000000196. The van der Waals surface area contributed by atoms with Crippen molar-refractivity contribution in [2.24, 2.45) is 5.92 Å². The summed E-state index contributed by atoms with van der Waals surface area (Å²) < 4.78 is 10.0. The Hall–Kier alpha value is -1.29. The van der Waals surface area contributed by atoms with Crippen LogP contribution in [0.2, 0.25) is 5.82 Å². The van der Waals surface area contributed by atoms with E-state index in [1.165, 1.54) is 0 Å². The lowest BCUT2D eigenvalue weighted by Gasteiger charge is -2.44. The topological polar surface area (TPSA) is 38.8 Å². The molecule has 0 amide bonds. The van der Waals surface area contributed by atoms with Gasteiger partial charge in [-0.15, -0.1) is 0 Å². The van der Waals surface area contributed by atoms with Gasteiger partial charge in [0.05, 0.1) is 45.6 Å². The van der Waals surface area contributed by atoms with Crippen LogP contribution in [-0.2, 0) is 4.79 Å². The molecule has 1 aromatic carbocycles. The molecule has 0 bridgehead atoms. The van der Waals surface area contributed by atoms with Gasteiger partial charge in [-0.25, -0.2) is 0 Å². The Bertz CT molecular complexity index is 571.